The van der Waals surface area contributed by atoms with Crippen molar-refractivity contribution in [1.82, 2.24) is 20.3 Å². The molecule has 0 saturated carbocycles. The van der Waals surface area contributed by atoms with Gasteiger partial charge in [0, 0.05) is 17.6 Å². The van der Waals surface area contributed by atoms with Crippen LogP contribution < -0.4 is 5.32 Å². The molecule has 2 heterocycles. The standard InChI is InChI=1S/C10H14N4S/c1-7(2)12-6-9-13-5-8(14-9)10-11-3-4-15-10/h3-5,7,12H,6H2,1-2H3,(H,13,14). The van der Waals surface area contributed by atoms with Crippen LogP contribution in [0.15, 0.2) is 17.8 Å². The summed E-state index contributed by atoms with van der Waals surface area (Å²) in [7, 11) is 0. The molecule has 2 N–H and O–H groups in total. The first-order valence-electron chi connectivity index (χ1n) is 4.93. The van der Waals surface area contributed by atoms with Crippen molar-refractivity contribution in [3.63, 3.8) is 0 Å². The second-order valence-electron chi connectivity index (χ2n) is 3.62. The number of hydrogen-bond donors (Lipinski definition) is 2. The number of H-pyrrole nitrogens is 1. The largest absolute Gasteiger partial charge is 0.339 e. The normalized spacial score (nSPS) is 11.1. The second kappa shape index (κ2) is 4.55. The van der Waals surface area contributed by atoms with Crippen molar-refractivity contribution in [3.8, 4) is 10.7 Å². The lowest BCUT2D eigenvalue weighted by molar-refractivity contribution is 0.575. The van der Waals surface area contributed by atoms with Gasteiger partial charge in [0.25, 0.3) is 0 Å². The number of hydrogen-bond acceptors (Lipinski definition) is 4. The van der Waals surface area contributed by atoms with E-state index in [1.807, 2.05) is 11.6 Å². The predicted molar refractivity (Wildman–Crippen MR) is 61.7 cm³/mol. The van der Waals surface area contributed by atoms with Gasteiger partial charge in [0.05, 0.1) is 18.4 Å². The van der Waals surface area contributed by atoms with Gasteiger partial charge in [-0.3, -0.25) is 0 Å². The molecule has 0 amide bonds. The zero-order valence-corrected chi connectivity index (χ0v) is 9.64. The van der Waals surface area contributed by atoms with Crippen LogP contribution >= 0.6 is 11.3 Å². The third kappa shape index (κ3) is 2.64. The maximum atomic E-state index is 4.29. The zero-order valence-electron chi connectivity index (χ0n) is 8.82. The Kier molecular flexibility index (Phi) is 3.13. The summed E-state index contributed by atoms with van der Waals surface area (Å²) >= 11 is 1.61. The molecule has 80 valence electrons. The Balaban J connectivity index is 2.04. The summed E-state index contributed by atoms with van der Waals surface area (Å²) < 4.78 is 0. The number of nitrogens with one attached hydrogen (secondary N) is 2. The molecule has 0 saturated heterocycles. The Hall–Kier alpha value is -1.20. The third-order valence-corrected chi connectivity index (χ3v) is 2.78. The molecule has 0 atom stereocenters. The van der Waals surface area contributed by atoms with E-state index in [1.54, 1.807) is 17.5 Å². The van der Waals surface area contributed by atoms with Gasteiger partial charge in [0.1, 0.15) is 10.8 Å². The third-order valence-electron chi connectivity index (χ3n) is 1.97. The van der Waals surface area contributed by atoms with Crippen LogP contribution in [-0.4, -0.2) is 21.0 Å². The molecule has 0 radical (unpaired) electrons. The van der Waals surface area contributed by atoms with Crippen molar-refractivity contribution in [2.24, 2.45) is 0 Å². The lowest BCUT2D eigenvalue weighted by atomic mass is 10.4. The minimum absolute atomic E-state index is 0.471. The van der Waals surface area contributed by atoms with E-state index in [2.05, 4.69) is 34.1 Å². The minimum atomic E-state index is 0.471. The van der Waals surface area contributed by atoms with Gasteiger partial charge in [-0.2, -0.15) is 0 Å². The summed E-state index contributed by atoms with van der Waals surface area (Å²) in [5.74, 6) is 0.953. The molecule has 2 aromatic rings. The summed E-state index contributed by atoms with van der Waals surface area (Å²) in [5.41, 5.74) is 0.991. The average molecular weight is 222 g/mol. The van der Waals surface area contributed by atoms with Crippen LogP contribution in [0.4, 0.5) is 0 Å². The molecule has 0 spiro atoms. The Morgan fingerprint density at radius 2 is 2.33 bits per heavy atom. The molecule has 15 heavy (non-hydrogen) atoms. The van der Waals surface area contributed by atoms with E-state index in [0.717, 1.165) is 23.1 Å². The van der Waals surface area contributed by atoms with E-state index in [4.69, 9.17) is 0 Å². The summed E-state index contributed by atoms with van der Waals surface area (Å²) in [6.45, 7) is 5.00. The summed E-state index contributed by atoms with van der Waals surface area (Å²) in [6.07, 6.45) is 3.63. The highest BCUT2D eigenvalue weighted by molar-refractivity contribution is 7.13. The van der Waals surface area contributed by atoms with Gasteiger partial charge in [-0.1, -0.05) is 13.8 Å². The van der Waals surface area contributed by atoms with Crippen LogP contribution in [0.3, 0.4) is 0 Å². The lowest BCUT2D eigenvalue weighted by Crippen LogP contribution is -2.22. The van der Waals surface area contributed by atoms with Gasteiger partial charge in [0.2, 0.25) is 0 Å². The number of rotatable bonds is 4. The molecule has 0 fully saturated rings. The van der Waals surface area contributed by atoms with Gasteiger partial charge >= 0.3 is 0 Å². The highest BCUT2D eigenvalue weighted by atomic mass is 32.1. The van der Waals surface area contributed by atoms with Gasteiger partial charge in [-0.05, 0) is 0 Å². The highest BCUT2D eigenvalue weighted by Crippen LogP contribution is 2.18. The van der Waals surface area contributed by atoms with E-state index in [-0.39, 0.29) is 0 Å². The van der Waals surface area contributed by atoms with Gasteiger partial charge in [-0.25, -0.2) is 9.97 Å². The molecule has 0 unspecified atom stereocenters. The number of thiazole rings is 1. The predicted octanol–water partition coefficient (Wildman–Crippen LogP) is 2.03. The van der Waals surface area contributed by atoms with Crippen molar-refractivity contribution in [2.75, 3.05) is 0 Å². The fourth-order valence-electron chi connectivity index (χ4n) is 1.22. The Morgan fingerprint density at radius 3 is 3.00 bits per heavy atom. The van der Waals surface area contributed by atoms with E-state index in [0.29, 0.717) is 6.04 Å². The van der Waals surface area contributed by atoms with Crippen LogP contribution in [0.5, 0.6) is 0 Å². The zero-order chi connectivity index (χ0) is 10.7. The maximum Gasteiger partial charge on any atom is 0.141 e. The minimum Gasteiger partial charge on any atom is -0.339 e. The van der Waals surface area contributed by atoms with E-state index >= 15 is 0 Å². The van der Waals surface area contributed by atoms with Crippen molar-refractivity contribution in [2.45, 2.75) is 26.4 Å². The SMILES string of the molecule is CC(C)NCc1ncc(-c2nccs2)[nH]1. The van der Waals surface area contributed by atoms with Gasteiger partial charge < -0.3 is 10.3 Å². The van der Waals surface area contributed by atoms with E-state index in [9.17, 15) is 0 Å². The number of nitrogens with zero attached hydrogens (tertiary/aromatic N) is 2. The smallest absolute Gasteiger partial charge is 0.141 e. The summed E-state index contributed by atoms with van der Waals surface area (Å²) in [6, 6.07) is 0.471. The monoisotopic (exact) mass is 222 g/mol. The average Bonchev–Trinajstić information content (AvgIpc) is 2.85. The molecular formula is C10H14N4S. The Morgan fingerprint density at radius 1 is 1.47 bits per heavy atom. The molecule has 5 heteroatoms. The van der Waals surface area contributed by atoms with Crippen LogP contribution in [0.25, 0.3) is 10.7 Å². The maximum absolute atomic E-state index is 4.29. The fraction of sp³-hybridized carbons (Fsp3) is 0.400. The summed E-state index contributed by atoms with van der Waals surface area (Å²) in [5, 5.41) is 6.25. The van der Waals surface area contributed by atoms with E-state index in [1.165, 1.54) is 0 Å². The quantitative estimate of drug-likeness (QED) is 0.832. The van der Waals surface area contributed by atoms with Crippen molar-refractivity contribution >= 4 is 11.3 Å². The lowest BCUT2D eigenvalue weighted by Gasteiger charge is -2.04. The van der Waals surface area contributed by atoms with Crippen molar-refractivity contribution in [1.29, 1.82) is 0 Å². The van der Waals surface area contributed by atoms with Crippen LogP contribution in [-0.2, 0) is 6.54 Å². The second-order valence-corrected chi connectivity index (χ2v) is 4.51. The molecule has 0 bridgehead atoms. The number of imidazole rings is 1. The Bertz CT molecular complexity index is 405. The first kappa shape index (κ1) is 10.3. The van der Waals surface area contributed by atoms with Crippen LogP contribution in [0.1, 0.15) is 19.7 Å². The number of aromatic nitrogens is 3. The van der Waals surface area contributed by atoms with Gasteiger partial charge in [-0.15, -0.1) is 11.3 Å². The molecule has 0 aliphatic rings. The Labute approximate surface area is 92.8 Å². The molecule has 0 aliphatic carbocycles. The van der Waals surface area contributed by atoms with Crippen LogP contribution in [0.2, 0.25) is 0 Å². The van der Waals surface area contributed by atoms with Gasteiger partial charge in [0.15, 0.2) is 0 Å². The number of aromatic amines is 1. The highest BCUT2D eigenvalue weighted by Gasteiger charge is 2.05. The van der Waals surface area contributed by atoms with Crippen molar-refractivity contribution < 1.29 is 0 Å². The molecular weight excluding hydrogens is 208 g/mol. The first-order chi connectivity index (χ1) is 7.25. The first-order valence-corrected chi connectivity index (χ1v) is 5.81. The molecule has 4 nitrogen and oxygen atoms in total. The molecule has 0 aromatic carbocycles. The molecule has 2 aromatic heterocycles. The van der Waals surface area contributed by atoms with Crippen molar-refractivity contribution in [3.05, 3.63) is 23.6 Å². The summed E-state index contributed by atoms with van der Waals surface area (Å²) in [4.78, 5) is 11.8. The fourth-order valence-corrected chi connectivity index (χ4v) is 1.82. The molecule has 2 rings (SSSR count). The topological polar surface area (TPSA) is 53.6 Å². The van der Waals surface area contributed by atoms with Crippen LogP contribution in [0, 0.1) is 0 Å². The van der Waals surface area contributed by atoms with E-state index < -0.39 is 0 Å². The molecule has 0 aliphatic heterocycles.